The van der Waals surface area contributed by atoms with Crippen LogP contribution in [0.25, 0.3) is 0 Å². The van der Waals surface area contributed by atoms with Crippen LogP contribution in [0, 0.1) is 13.8 Å². The molecule has 0 aliphatic rings. The Morgan fingerprint density at radius 2 is 2.15 bits per heavy atom. The molecule has 5 heteroatoms. The summed E-state index contributed by atoms with van der Waals surface area (Å²) in [6.07, 6.45) is 3.15. The van der Waals surface area contributed by atoms with Crippen LogP contribution in [0.4, 0.5) is 11.4 Å². The van der Waals surface area contributed by atoms with Gasteiger partial charge in [0.1, 0.15) is 0 Å². The Morgan fingerprint density at radius 3 is 2.85 bits per heavy atom. The maximum absolute atomic E-state index is 11.9. The third-order valence-electron chi connectivity index (χ3n) is 3.10. The molecule has 0 radical (unpaired) electrons. The molecule has 0 bridgehead atoms. The summed E-state index contributed by atoms with van der Waals surface area (Å²) in [4.78, 5) is 11.9. The van der Waals surface area contributed by atoms with Crippen LogP contribution >= 0.6 is 0 Å². The Balaban J connectivity index is 1.82. The van der Waals surface area contributed by atoms with E-state index in [-0.39, 0.29) is 5.91 Å². The topological polar surface area (TPSA) is 72.9 Å². The summed E-state index contributed by atoms with van der Waals surface area (Å²) < 4.78 is 1.86. The van der Waals surface area contributed by atoms with Crippen molar-refractivity contribution in [2.75, 3.05) is 11.1 Å². The first kappa shape index (κ1) is 14.1. The molecule has 0 saturated heterocycles. The second kappa shape index (κ2) is 6.23. The normalized spacial score (nSPS) is 10.5. The van der Waals surface area contributed by atoms with E-state index in [1.54, 1.807) is 6.07 Å². The zero-order valence-corrected chi connectivity index (χ0v) is 11.9. The second-order valence-corrected chi connectivity index (χ2v) is 4.95. The first-order valence-electron chi connectivity index (χ1n) is 6.70. The highest BCUT2D eigenvalue weighted by atomic mass is 16.1. The summed E-state index contributed by atoms with van der Waals surface area (Å²) in [5.74, 6) is 0.00239. The lowest BCUT2D eigenvalue weighted by Gasteiger charge is -2.09. The number of nitrogens with zero attached hydrogens (tertiary/aromatic N) is 2. The number of amides is 1. The van der Waals surface area contributed by atoms with Crippen molar-refractivity contribution in [3.05, 3.63) is 41.7 Å². The molecule has 5 nitrogen and oxygen atoms in total. The zero-order valence-electron chi connectivity index (χ0n) is 11.9. The summed E-state index contributed by atoms with van der Waals surface area (Å²) in [6, 6.07) is 7.46. The van der Waals surface area contributed by atoms with Crippen LogP contribution in [0.2, 0.25) is 0 Å². The molecule has 2 aromatic rings. The molecule has 2 rings (SSSR count). The van der Waals surface area contributed by atoms with Gasteiger partial charge in [0.15, 0.2) is 0 Å². The molecule has 0 spiro atoms. The molecule has 0 unspecified atom stereocenters. The molecular weight excluding hydrogens is 252 g/mol. The van der Waals surface area contributed by atoms with Crippen LogP contribution in [0.15, 0.2) is 30.5 Å². The first-order valence-corrected chi connectivity index (χ1v) is 6.70. The number of nitrogen functional groups attached to an aromatic ring is 1. The number of aromatic nitrogens is 2. The number of rotatable bonds is 5. The third kappa shape index (κ3) is 3.85. The lowest BCUT2D eigenvalue weighted by molar-refractivity contribution is -0.116. The van der Waals surface area contributed by atoms with Crippen molar-refractivity contribution in [3.63, 3.8) is 0 Å². The average molecular weight is 272 g/mol. The first-order chi connectivity index (χ1) is 9.54. The molecule has 1 aromatic carbocycles. The average Bonchev–Trinajstić information content (AvgIpc) is 2.80. The summed E-state index contributed by atoms with van der Waals surface area (Å²) in [6.45, 7) is 4.64. The summed E-state index contributed by atoms with van der Waals surface area (Å²) in [7, 11) is 0. The van der Waals surface area contributed by atoms with Crippen molar-refractivity contribution in [1.82, 2.24) is 9.78 Å². The van der Waals surface area contributed by atoms with Crippen molar-refractivity contribution < 1.29 is 4.79 Å². The second-order valence-electron chi connectivity index (χ2n) is 4.95. The van der Waals surface area contributed by atoms with E-state index in [0.717, 1.165) is 29.9 Å². The van der Waals surface area contributed by atoms with Gasteiger partial charge in [-0.2, -0.15) is 5.10 Å². The molecule has 106 valence electrons. The molecule has 1 heterocycles. The number of hydrogen-bond donors (Lipinski definition) is 2. The summed E-state index contributed by atoms with van der Waals surface area (Å²) in [5.41, 5.74) is 9.15. The largest absolute Gasteiger partial charge is 0.399 e. The van der Waals surface area contributed by atoms with Gasteiger partial charge < -0.3 is 11.1 Å². The number of carbonyl (C=O) groups is 1. The van der Waals surface area contributed by atoms with Crippen LogP contribution in [0.5, 0.6) is 0 Å². The molecule has 1 aromatic heterocycles. The van der Waals surface area contributed by atoms with E-state index in [2.05, 4.69) is 10.4 Å². The minimum absolute atomic E-state index is 0.00239. The molecule has 0 aliphatic carbocycles. The number of hydrogen-bond acceptors (Lipinski definition) is 3. The molecule has 0 saturated carbocycles. The Kier molecular flexibility index (Phi) is 4.40. The number of benzene rings is 1. The van der Waals surface area contributed by atoms with E-state index in [1.807, 2.05) is 42.9 Å². The third-order valence-corrected chi connectivity index (χ3v) is 3.10. The number of anilines is 2. The molecule has 0 aliphatic heterocycles. The van der Waals surface area contributed by atoms with Gasteiger partial charge >= 0.3 is 0 Å². The number of nitrogens with one attached hydrogen (secondary N) is 1. The van der Waals surface area contributed by atoms with Crippen LogP contribution in [-0.4, -0.2) is 15.7 Å². The highest BCUT2D eigenvalue weighted by molar-refractivity contribution is 5.91. The van der Waals surface area contributed by atoms with Gasteiger partial charge in [0, 0.05) is 30.5 Å². The van der Waals surface area contributed by atoms with E-state index in [1.165, 1.54) is 0 Å². The van der Waals surface area contributed by atoms with Crippen LogP contribution in [0.3, 0.4) is 0 Å². The van der Waals surface area contributed by atoms with Gasteiger partial charge in [0.25, 0.3) is 0 Å². The number of carbonyl (C=O) groups excluding carboxylic acids is 1. The van der Waals surface area contributed by atoms with Crippen molar-refractivity contribution >= 4 is 17.3 Å². The Labute approximate surface area is 118 Å². The summed E-state index contributed by atoms with van der Waals surface area (Å²) in [5, 5.41) is 7.18. The fourth-order valence-electron chi connectivity index (χ4n) is 1.98. The van der Waals surface area contributed by atoms with E-state index < -0.39 is 0 Å². The smallest absolute Gasteiger partial charge is 0.224 e. The van der Waals surface area contributed by atoms with Crippen LogP contribution in [0.1, 0.15) is 24.1 Å². The lowest BCUT2D eigenvalue weighted by atomic mass is 10.1. The minimum atomic E-state index is 0.00239. The Bertz CT molecular complexity index is 604. The predicted molar refractivity (Wildman–Crippen MR) is 80.4 cm³/mol. The predicted octanol–water partition coefficient (Wildman–Crippen LogP) is 2.50. The fraction of sp³-hybridized carbons (Fsp3) is 0.333. The summed E-state index contributed by atoms with van der Waals surface area (Å²) >= 11 is 0. The molecule has 3 N–H and O–H groups in total. The zero-order chi connectivity index (χ0) is 14.5. The van der Waals surface area contributed by atoms with Crippen molar-refractivity contribution in [2.45, 2.75) is 33.2 Å². The molecule has 0 atom stereocenters. The van der Waals surface area contributed by atoms with Crippen molar-refractivity contribution in [2.24, 2.45) is 0 Å². The van der Waals surface area contributed by atoms with Gasteiger partial charge in [-0.15, -0.1) is 0 Å². The molecule has 0 fully saturated rings. The fourth-order valence-corrected chi connectivity index (χ4v) is 1.98. The molecular formula is C15H20N4O. The Morgan fingerprint density at radius 1 is 1.35 bits per heavy atom. The maximum atomic E-state index is 11.9. The van der Waals surface area contributed by atoms with Gasteiger partial charge in [-0.05, 0) is 44.0 Å². The Hall–Kier alpha value is -2.30. The molecule has 1 amide bonds. The standard InChI is InChI=1S/C15H20N4O/c1-11-5-6-13(16)10-14(11)17-15(20)4-3-8-19-9-7-12(2)18-19/h5-7,9-10H,3-4,8,16H2,1-2H3,(H,17,20). The van der Waals surface area contributed by atoms with Gasteiger partial charge in [-0.25, -0.2) is 0 Å². The number of aryl methyl sites for hydroxylation is 3. The van der Waals surface area contributed by atoms with E-state index in [0.29, 0.717) is 12.1 Å². The van der Waals surface area contributed by atoms with Gasteiger partial charge in [-0.3, -0.25) is 9.48 Å². The van der Waals surface area contributed by atoms with Crippen molar-refractivity contribution in [1.29, 1.82) is 0 Å². The van der Waals surface area contributed by atoms with Crippen molar-refractivity contribution in [3.8, 4) is 0 Å². The maximum Gasteiger partial charge on any atom is 0.224 e. The van der Waals surface area contributed by atoms with Gasteiger partial charge in [0.2, 0.25) is 5.91 Å². The van der Waals surface area contributed by atoms with Gasteiger partial charge in [-0.1, -0.05) is 6.07 Å². The van der Waals surface area contributed by atoms with E-state index in [9.17, 15) is 4.79 Å². The quantitative estimate of drug-likeness (QED) is 0.821. The SMILES string of the molecule is Cc1ccn(CCCC(=O)Nc2cc(N)ccc2C)n1. The highest BCUT2D eigenvalue weighted by Crippen LogP contribution is 2.18. The molecule has 20 heavy (non-hydrogen) atoms. The lowest BCUT2D eigenvalue weighted by Crippen LogP contribution is -2.13. The highest BCUT2D eigenvalue weighted by Gasteiger charge is 2.05. The van der Waals surface area contributed by atoms with Gasteiger partial charge in [0.05, 0.1) is 5.69 Å². The van der Waals surface area contributed by atoms with E-state index >= 15 is 0 Å². The number of nitrogens with two attached hydrogens (primary N) is 1. The van der Waals surface area contributed by atoms with Crippen LogP contribution in [-0.2, 0) is 11.3 Å². The van der Waals surface area contributed by atoms with E-state index in [4.69, 9.17) is 5.73 Å². The van der Waals surface area contributed by atoms with Crippen LogP contribution < -0.4 is 11.1 Å². The monoisotopic (exact) mass is 272 g/mol. The minimum Gasteiger partial charge on any atom is -0.399 e.